The number of hydrogen-bond donors (Lipinski definition) is 1. The van der Waals surface area contributed by atoms with Crippen LogP contribution in [0, 0.1) is 0 Å². The van der Waals surface area contributed by atoms with Crippen molar-refractivity contribution in [2.45, 2.75) is 6.54 Å². The Morgan fingerprint density at radius 1 is 1.36 bits per heavy atom. The average molecular weight is 214 g/mol. The normalized spacial score (nSPS) is 10.9. The van der Waals surface area contributed by atoms with Crippen molar-refractivity contribution in [3.63, 3.8) is 0 Å². The molecule has 0 saturated heterocycles. The van der Waals surface area contributed by atoms with Gasteiger partial charge in [0.05, 0.1) is 0 Å². The van der Waals surface area contributed by atoms with E-state index >= 15 is 0 Å². The van der Waals surface area contributed by atoms with Crippen LogP contribution in [0.2, 0.25) is 0 Å². The summed E-state index contributed by atoms with van der Waals surface area (Å²) in [5, 5.41) is 1.05. The van der Waals surface area contributed by atoms with Crippen LogP contribution in [0.15, 0.2) is 6.20 Å². The quantitative estimate of drug-likeness (QED) is 0.779. The molecule has 4 nitrogen and oxygen atoms in total. The molecule has 0 aliphatic heterocycles. The zero-order valence-corrected chi connectivity index (χ0v) is 9.84. The van der Waals surface area contributed by atoms with Crippen molar-refractivity contribution in [1.29, 1.82) is 0 Å². The van der Waals surface area contributed by atoms with Gasteiger partial charge < -0.3 is 15.5 Å². The maximum atomic E-state index is 5.53. The molecule has 0 radical (unpaired) electrons. The molecular formula is C9H18N4S. The topological polar surface area (TPSA) is 45.4 Å². The van der Waals surface area contributed by atoms with Gasteiger partial charge >= 0.3 is 0 Å². The molecule has 1 rings (SSSR count). The highest BCUT2D eigenvalue weighted by Crippen LogP contribution is 2.20. The lowest BCUT2D eigenvalue weighted by atomic mass is 10.5. The SMILES string of the molecule is CN(C)CCN(C)c1ncc(CN)s1. The van der Waals surface area contributed by atoms with Crippen LogP contribution in [0.1, 0.15) is 4.88 Å². The molecule has 0 spiro atoms. The number of nitrogens with zero attached hydrogens (tertiary/aromatic N) is 3. The van der Waals surface area contributed by atoms with Crippen molar-refractivity contribution in [2.24, 2.45) is 5.73 Å². The third kappa shape index (κ3) is 3.25. The van der Waals surface area contributed by atoms with Gasteiger partial charge in [0, 0.05) is 37.8 Å². The monoisotopic (exact) mass is 214 g/mol. The predicted octanol–water partition coefficient (Wildman–Crippen LogP) is 0.600. The van der Waals surface area contributed by atoms with E-state index in [4.69, 9.17) is 5.73 Å². The van der Waals surface area contributed by atoms with Crippen LogP contribution >= 0.6 is 11.3 Å². The van der Waals surface area contributed by atoms with Crippen LogP contribution in [-0.2, 0) is 6.54 Å². The molecule has 0 saturated carbocycles. The molecule has 14 heavy (non-hydrogen) atoms. The molecule has 0 fully saturated rings. The van der Waals surface area contributed by atoms with Crippen molar-refractivity contribution in [1.82, 2.24) is 9.88 Å². The van der Waals surface area contributed by atoms with Crippen LogP contribution < -0.4 is 10.6 Å². The number of nitrogens with two attached hydrogens (primary N) is 1. The van der Waals surface area contributed by atoms with E-state index in [0.29, 0.717) is 6.54 Å². The van der Waals surface area contributed by atoms with E-state index in [0.717, 1.165) is 23.1 Å². The van der Waals surface area contributed by atoms with Gasteiger partial charge in [-0.05, 0) is 14.1 Å². The summed E-state index contributed by atoms with van der Waals surface area (Å²) in [6.45, 7) is 2.61. The van der Waals surface area contributed by atoms with Gasteiger partial charge in [-0.3, -0.25) is 0 Å². The number of likely N-dealkylation sites (N-methyl/N-ethyl adjacent to an activating group) is 2. The van der Waals surface area contributed by atoms with E-state index in [9.17, 15) is 0 Å². The van der Waals surface area contributed by atoms with E-state index < -0.39 is 0 Å². The van der Waals surface area contributed by atoms with Crippen molar-refractivity contribution < 1.29 is 0 Å². The van der Waals surface area contributed by atoms with Gasteiger partial charge in [0.25, 0.3) is 0 Å². The second kappa shape index (κ2) is 5.29. The third-order valence-corrected chi connectivity index (χ3v) is 3.09. The first-order valence-corrected chi connectivity index (χ1v) is 5.45. The number of anilines is 1. The number of rotatable bonds is 5. The summed E-state index contributed by atoms with van der Waals surface area (Å²) in [5.74, 6) is 0. The summed E-state index contributed by atoms with van der Waals surface area (Å²) in [6.07, 6.45) is 1.85. The first kappa shape index (κ1) is 11.4. The van der Waals surface area contributed by atoms with Crippen LogP contribution in [0.25, 0.3) is 0 Å². The van der Waals surface area contributed by atoms with E-state index in [2.05, 4.69) is 35.9 Å². The minimum absolute atomic E-state index is 0.583. The molecule has 0 atom stereocenters. The molecule has 0 aliphatic carbocycles. The van der Waals surface area contributed by atoms with Gasteiger partial charge in [0.1, 0.15) is 0 Å². The van der Waals surface area contributed by atoms with E-state index in [-0.39, 0.29) is 0 Å². The van der Waals surface area contributed by atoms with Gasteiger partial charge in [0.2, 0.25) is 0 Å². The highest BCUT2D eigenvalue weighted by Gasteiger charge is 2.05. The summed E-state index contributed by atoms with van der Waals surface area (Å²) in [7, 11) is 6.20. The Morgan fingerprint density at radius 2 is 2.07 bits per heavy atom. The largest absolute Gasteiger partial charge is 0.350 e. The zero-order valence-electron chi connectivity index (χ0n) is 9.03. The lowest BCUT2D eigenvalue weighted by molar-refractivity contribution is 0.416. The Labute approximate surface area is 89.3 Å². The molecule has 0 aliphatic rings. The Kier molecular flexibility index (Phi) is 4.31. The molecule has 5 heteroatoms. The molecule has 2 N–H and O–H groups in total. The molecule has 1 heterocycles. The molecule has 1 aromatic heterocycles. The minimum atomic E-state index is 0.583. The fourth-order valence-corrected chi connectivity index (χ4v) is 1.79. The van der Waals surface area contributed by atoms with Gasteiger partial charge in [0.15, 0.2) is 5.13 Å². The van der Waals surface area contributed by atoms with Crippen LogP contribution in [-0.4, -0.2) is 44.1 Å². The van der Waals surface area contributed by atoms with Gasteiger partial charge in [-0.25, -0.2) is 4.98 Å². The maximum absolute atomic E-state index is 5.53. The lowest BCUT2D eigenvalue weighted by Crippen LogP contribution is -2.28. The summed E-state index contributed by atoms with van der Waals surface area (Å²) in [6, 6.07) is 0. The highest BCUT2D eigenvalue weighted by molar-refractivity contribution is 7.15. The first-order valence-electron chi connectivity index (χ1n) is 4.64. The minimum Gasteiger partial charge on any atom is -0.350 e. The van der Waals surface area contributed by atoms with E-state index in [1.165, 1.54) is 0 Å². The first-order chi connectivity index (χ1) is 6.63. The fourth-order valence-electron chi connectivity index (χ4n) is 1.01. The Hall–Kier alpha value is -0.650. The second-order valence-corrected chi connectivity index (χ2v) is 4.63. The van der Waals surface area contributed by atoms with Crippen LogP contribution in [0.3, 0.4) is 0 Å². The van der Waals surface area contributed by atoms with Gasteiger partial charge in [-0.1, -0.05) is 0 Å². The molecule has 0 aromatic carbocycles. The van der Waals surface area contributed by atoms with Gasteiger partial charge in [-0.15, -0.1) is 11.3 Å². The maximum Gasteiger partial charge on any atom is 0.185 e. The average Bonchev–Trinajstić information content (AvgIpc) is 2.62. The summed E-state index contributed by atoms with van der Waals surface area (Å²) >= 11 is 1.66. The Morgan fingerprint density at radius 3 is 2.57 bits per heavy atom. The fraction of sp³-hybridized carbons (Fsp3) is 0.667. The Bertz CT molecular complexity index is 272. The second-order valence-electron chi connectivity index (χ2n) is 3.54. The summed E-state index contributed by atoms with van der Waals surface area (Å²) in [4.78, 5) is 9.76. The summed E-state index contributed by atoms with van der Waals surface area (Å²) in [5.41, 5.74) is 5.53. The van der Waals surface area contributed by atoms with Crippen molar-refractivity contribution in [2.75, 3.05) is 39.1 Å². The number of aromatic nitrogens is 1. The molecule has 0 unspecified atom stereocenters. The standard InChI is InChI=1S/C9H18N4S/c1-12(2)4-5-13(3)9-11-7-8(6-10)14-9/h7H,4-6,10H2,1-3H3. The van der Waals surface area contributed by atoms with Crippen LogP contribution in [0.4, 0.5) is 5.13 Å². The van der Waals surface area contributed by atoms with Gasteiger partial charge in [-0.2, -0.15) is 0 Å². The Balaban J connectivity index is 2.47. The number of thiazole rings is 1. The molecule has 0 amide bonds. The molecular weight excluding hydrogens is 196 g/mol. The third-order valence-electron chi connectivity index (χ3n) is 1.95. The lowest BCUT2D eigenvalue weighted by Gasteiger charge is -2.18. The summed E-state index contributed by atoms with van der Waals surface area (Å²) < 4.78 is 0. The molecule has 0 bridgehead atoms. The molecule has 1 aromatic rings. The predicted molar refractivity (Wildman–Crippen MR) is 61.8 cm³/mol. The molecule has 80 valence electrons. The smallest absolute Gasteiger partial charge is 0.185 e. The number of hydrogen-bond acceptors (Lipinski definition) is 5. The van der Waals surface area contributed by atoms with Crippen molar-refractivity contribution in [3.05, 3.63) is 11.1 Å². The van der Waals surface area contributed by atoms with Crippen molar-refractivity contribution in [3.8, 4) is 0 Å². The zero-order chi connectivity index (χ0) is 10.6. The van der Waals surface area contributed by atoms with E-state index in [1.54, 1.807) is 11.3 Å². The van der Waals surface area contributed by atoms with Crippen LogP contribution in [0.5, 0.6) is 0 Å². The highest BCUT2D eigenvalue weighted by atomic mass is 32.1. The van der Waals surface area contributed by atoms with Crippen molar-refractivity contribution >= 4 is 16.5 Å². The van der Waals surface area contributed by atoms with E-state index in [1.807, 2.05) is 6.20 Å².